The number of para-hydroxylation sites is 1. The number of hydrogen-bond acceptors (Lipinski definition) is 5. The van der Waals surface area contributed by atoms with Gasteiger partial charge in [0.1, 0.15) is 5.75 Å². The van der Waals surface area contributed by atoms with E-state index in [-0.39, 0.29) is 5.56 Å². The number of hydrazone groups is 1. The molecule has 128 valence electrons. The molecule has 0 aliphatic heterocycles. The highest BCUT2D eigenvalue weighted by molar-refractivity contribution is 5.99. The van der Waals surface area contributed by atoms with Gasteiger partial charge >= 0.3 is 0 Å². The summed E-state index contributed by atoms with van der Waals surface area (Å²) in [5, 5.41) is 4.99. The molecule has 0 fully saturated rings. The molecule has 1 heterocycles. The van der Waals surface area contributed by atoms with Gasteiger partial charge in [-0.05, 0) is 38.1 Å². The molecule has 0 spiro atoms. The van der Waals surface area contributed by atoms with Crippen LogP contribution >= 0.6 is 0 Å². The van der Waals surface area contributed by atoms with Crippen molar-refractivity contribution in [3.8, 4) is 5.75 Å². The van der Waals surface area contributed by atoms with Gasteiger partial charge in [-0.2, -0.15) is 5.10 Å². The van der Waals surface area contributed by atoms with E-state index in [0.29, 0.717) is 23.4 Å². The minimum atomic E-state index is -0.0789. The van der Waals surface area contributed by atoms with Crippen molar-refractivity contribution in [1.82, 2.24) is 9.55 Å². The van der Waals surface area contributed by atoms with Gasteiger partial charge in [0.15, 0.2) is 0 Å². The number of ether oxygens (including phenoxy) is 1. The van der Waals surface area contributed by atoms with Crippen molar-refractivity contribution in [2.24, 2.45) is 5.10 Å². The van der Waals surface area contributed by atoms with Crippen LogP contribution in [-0.4, -0.2) is 22.4 Å². The molecule has 0 amide bonds. The minimum absolute atomic E-state index is 0.0789. The van der Waals surface area contributed by atoms with Crippen molar-refractivity contribution in [2.45, 2.75) is 20.4 Å². The molecule has 2 aromatic carbocycles. The molecule has 0 aliphatic carbocycles. The van der Waals surface area contributed by atoms with E-state index in [1.165, 1.54) is 0 Å². The fourth-order valence-corrected chi connectivity index (χ4v) is 2.59. The van der Waals surface area contributed by atoms with E-state index >= 15 is 0 Å². The van der Waals surface area contributed by atoms with Crippen molar-refractivity contribution in [3.05, 3.63) is 64.4 Å². The highest BCUT2D eigenvalue weighted by Gasteiger charge is 2.09. The van der Waals surface area contributed by atoms with Crippen molar-refractivity contribution < 1.29 is 4.74 Å². The van der Waals surface area contributed by atoms with Crippen molar-refractivity contribution in [1.29, 1.82) is 0 Å². The lowest BCUT2D eigenvalue weighted by Gasteiger charge is -2.11. The molecule has 6 nitrogen and oxygen atoms in total. The maximum absolute atomic E-state index is 12.6. The van der Waals surface area contributed by atoms with E-state index in [9.17, 15) is 4.79 Å². The van der Waals surface area contributed by atoms with Crippen LogP contribution < -0.4 is 15.7 Å². The zero-order valence-electron chi connectivity index (χ0n) is 14.5. The number of nitrogens with one attached hydrogen (secondary N) is 1. The predicted molar refractivity (Wildman–Crippen MR) is 101 cm³/mol. The zero-order chi connectivity index (χ0) is 17.8. The number of hydrogen-bond donors (Lipinski definition) is 1. The molecular weight excluding hydrogens is 316 g/mol. The minimum Gasteiger partial charge on any atom is -0.497 e. The van der Waals surface area contributed by atoms with Gasteiger partial charge in [0.2, 0.25) is 5.95 Å². The molecule has 3 rings (SSSR count). The molecule has 0 radical (unpaired) electrons. The molecular formula is C19H20N4O2. The van der Waals surface area contributed by atoms with Gasteiger partial charge in [0.05, 0.1) is 23.7 Å². The first-order valence-electron chi connectivity index (χ1n) is 8.08. The molecule has 0 saturated carbocycles. The van der Waals surface area contributed by atoms with E-state index < -0.39 is 0 Å². The molecule has 1 aromatic heterocycles. The Balaban J connectivity index is 1.98. The topological polar surface area (TPSA) is 68.5 Å². The average Bonchev–Trinajstić information content (AvgIpc) is 2.66. The van der Waals surface area contributed by atoms with Gasteiger partial charge in [-0.15, -0.1) is 0 Å². The summed E-state index contributed by atoms with van der Waals surface area (Å²) in [6.45, 7) is 4.30. The first-order chi connectivity index (χ1) is 12.1. The number of aromatic nitrogens is 2. The van der Waals surface area contributed by atoms with Gasteiger partial charge in [-0.3, -0.25) is 9.36 Å². The first kappa shape index (κ1) is 16.7. The second kappa shape index (κ2) is 7.17. The summed E-state index contributed by atoms with van der Waals surface area (Å²) in [7, 11) is 1.63. The maximum atomic E-state index is 12.6. The highest BCUT2D eigenvalue weighted by Crippen LogP contribution is 2.14. The molecule has 25 heavy (non-hydrogen) atoms. The number of anilines is 1. The van der Waals surface area contributed by atoms with E-state index in [4.69, 9.17) is 4.74 Å². The summed E-state index contributed by atoms with van der Waals surface area (Å²) >= 11 is 0. The van der Waals surface area contributed by atoms with Gasteiger partial charge in [0.25, 0.3) is 5.56 Å². The summed E-state index contributed by atoms with van der Waals surface area (Å²) < 4.78 is 6.81. The van der Waals surface area contributed by atoms with Crippen LogP contribution in [0, 0.1) is 0 Å². The Labute approximate surface area is 145 Å². The normalized spacial score (nSPS) is 11.6. The number of methoxy groups -OCH3 is 1. The Bertz CT molecular complexity index is 992. The molecule has 0 atom stereocenters. The van der Waals surface area contributed by atoms with Crippen LogP contribution in [0.15, 0.2) is 58.4 Å². The van der Waals surface area contributed by atoms with Crippen LogP contribution in [0.25, 0.3) is 10.9 Å². The Morgan fingerprint density at radius 2 is 2.04 bits per heavy atom. The predicted octanol–water partition coefficient (Wildman–Crippen LogP) is 3.26. The highest BCUT2D eigenvalue weighted by atomic mass is 16.5. The van der Waals surface area contributed by atoms with E-state index in [0.717, 1.165) is 17.0 Å². The van der Waals surface area contributed by atoms with Crippen LogP contribution in [0.4, 0.5) is 5.95 Å². The Kier molecular flexibility index (Phi) is 4.79. The van der Waals surface area contributed by atoms with Gasteiger partial charge in [0, 0.05) is 12.1 Å². The second-order valence-electron chi connectivity index (χ2n) is 5.54. The summed E-state index contributed by atoms with van der Waals surface area (Å²) in [6.07, 6.45) is 0. The lowest BCUT2D eigenvalue weighted by molar-refractivity contribution is 0.414. The average molecular weight is 336 g/mol. The summed E-state index contributed by atoms with van der Waals surface area (Å²) in [5.74, 6) is 1.19. The molecule has 0 bridgehead atoms. The summed E-state index contributed by atoms with van der Waals surface area (Å²) in [6, 6.07) is 14.9. The zero-order valence-corrected chi connectivity index (χ0v) is 14.5. The number of nitrogens with zero attached hydrogens (tertiary/aromatic N) is 3. The monoisotopic (exact) mass is 336 g/mol. The fourth-order valence-electron chi connectivity index (χ4n) is 2.59. The molecule has 6 heteroatoms. The van der Waals surface area contributed by atoms with Gasteiger partial charge in [-0.25, -0.2) is 10.4 Å². The smallest absolute Gasteiger partial charge is 0.262 e. The molecule has 0 unspecified atom stereocenters. The Hall–Kier alpha value is -3.15. The molecule has 0 aliphatic rings. The largest absolute Gasteiger partial charge is 0.497 e. The number of benzene rings is 2. The fraction of sp³-hybridized carbons (Fsp3) is 0.211. The molecule has 0 saturated heterocycles. The van der Waals surface area contributed by atoms with Gasteiger partial charge in [-0.1, -0.05) is 24.3 Å². The third kappa shape index (κ3) is 3.38. The third-order valence-electron chi connectivity index (χ3n) is 3.99. The second-order valence-corrected chi connectivity index (χ2v) is 5.54. The van der Waals surface area contributed by atoms with E-state index in [1.807, 2.05) is 56.3 Å². The van der Waals surface area contributed by atoms with Crippen molar-refractivity contribution >= 4 is 22.6 Å². The first-order valence-corrected chi connectivity index (χ1v) is 8.08. The Morgan fingerprint density at radius 1 is 1.24 bits per heavy atom. The standard InChI is InChI=1S/C19H20N4O2/c1-4-23-18(24)16-10-5-6-11-17(16)20-19(23)22-21-13(2)14-8-7-9-15(12-14)25-3/h5-12H,4H2,1-3H3,(H,20,22)/b21-13-. The van der Waals surface area contributed by atoms with Crippen LogP contribution in [0.3, 0.4) is 0 Å². The van der Waals surface area contributed by atoms with Crippen LogP contribution in [-0.2, 0) is 6.54 Å². The van der Waals surface area contributed by atoms with E-state index in [2.05, 4.69) is 15.5 Å². The quantitative estimate of drug-likeness (QED) is 0.573. The Morgan fingerprint density at radius 3 is 2.80 bits per heavy atom. The van der Waals surface area contributed by atoms with Crippen molar-refractivity contribution in [2.75, 3.05) is 12.5 Å². The SMILES string of the molecule is CCn1c(N/N=C(/C)c2cccc(OC)c2)nc2ccccc2c1=O. The summed E-state index contributed by atoms with van der Waals surface area (Å²) in [5.41, 5.74) is 5.20. The van der Waals surface area contributed by atoms with Crippen LogP contribution in [0.2, 0.25) is 0 Å². The number of rotatable bonds is 5. The third-order valence-corrected chi connectivity index (χ3v) is 3.99. The number of fused-ring (bicyclic) bond motifs is 1. The van der Waals surface area contributed by atoms with Crippen molar-refractivity contribution in [3.63, 3.8) is 0 Å². The van der Waals surface area contributed by atoms with Gasteiger partial charge < -0.3 is 4.74 Å². The maximum Gasteiger partial charge on any atom is 0.262 e. The lowest BCUT2D eigenvalue weighted by atomic mass is 10.1. The molecule has 1 N–H and O–H groups in total. The lowest BCUT2D eigenvalue weighted by Crippen LogP contribution is -2.23. The van der Waals surface area contributed by atoms with E-state index in [1.54, 1.807) is 17.7 Å². The molecule has 3 aromatic rings. The van der Waals surface area contributed by atoms with Crippen LogP contribution in [0.5, 0.6) is 5.75 Å². The van der Waals surface area contributed by atoms with Crippen LogP contribution in [0.1, 0.15) is 19.4 Å². The summed E-state index contributed by atoms with van der Waals surface area (Å²) in [4.78, 5) is 17.1.